The molecule has 1 aromatic carbocycles. The topological polar surface area (TPSA) is 17.3 Å². The van der Waals surface area contributed by atoms with E-state index in [1.807, 2.05) is 16.0 Å². The fourth-order valence-corrected chi connectivity index (χ4v) is 2.76. The Morgan fingerprint density at radius 2 is 2.06 bits per heavy atom. The van der Waals surface area contributed by atoms with Crippen molar-refractivity contribution in [1.82, 2.24) is 9.38 Å². The second-order valence-corrected chi connectivity index (χ2v) is 5.15. The van der Waals surface area contributed by atoms with Crippen molar-refractivity contribution in [2.45, 2.75) is 0 Å². The van der Waals surface area contributed by atoms with Crippen molar-refractivity contribution in [1.29, 1.82) is 0 Å². The van der Waals surface area contributed by atoms with Crippen LogP contribution in [0.15, 0.2) is 29.9 Å². The molecule has 0 N–H and O–H groups in total. The van der Waals surface area contributed by atoms with E-state index in [1.165, 1.54) is 23.5 Å². The third-order valence-corrected chi connectivity index (χ3v) is 3.75. The molecule has 17 heavy (non-hydrogen) atoms. The molecule has 0 saturated carbocycles. The molecule has 0 bridgehead atoms. The van der Waals surface area contributed by atoms with Crippen LogP contribution in [0.4, 0.5) is 4.39 Å². The summed E-state index contributed by atoms with van der Waals surface area (Å²) in [6.45, 7) is 0. The summed E-state index contributed by atoms with van der Waals surface area (Å²) >= 11 is 13.2. The van der Waals surface area contributed by atoms with E-state index in [0.717, 1.165) is 4.96 Å². The zero-order valence-electron chi connectivity index (χ0n) is 8.32. The van der Waals surface area contributed by atoms with Gasteiger partial charge in [0.2, 0.25) is 0 Å². The van der Waals surface area contributed by atoms with Crippen LogP contribution in [0.3, 0.4) is 0 Å². The van der Waals surface area contributed by atoms with E-state index in [0.29, 0.717) is 16.3 Å². The Bertz CT molecular complexity index is 676. The van der Waals surface area contributed by atoms with E-state index in [-0.39, 0.29) is 5.02 Å². The number of thiazole rings is 1. The average molecular weight is 287 g/mol. The van der Waals surface area contributed by atoms with Crippen LogP contribution in [-0.2, 0) is 0 Å². The van der Waals surface area contributed by atoms with E-state index >= 15 is 0 Å². The van der Waals surface area contributed by atoms with Crippen molar-refractivity contribution >= 4 is 39.5 Å². The number of imidazole rings is 1. The van der Waals surface area contributed by atoms with Crippen LogP contribution in [0.5, 0.6) is 0 Å². The molecule has 0 atom stereocenters. The highest BCUT2D eigenvalue weighted by Crippen LogP contribution is 2.32. The van der Waals surface area contributed by atoms with Crippen LogP contribution in [0.2, 0.25) is 10.0 Å². The van der Waals surface area contributed by atoms with E-state index in [2.05, 4.69) is 4.98 Å². The van der Waals surface area contributed by atoms with E-state index in [1.54, 1.807) is 6.20 Å². The lowest BCUT2D eigenvalue weighted by Crippen LogP contribution is -1.84. The minimum Gasteiger partial charge on any atom is -0.297 e. The highest BCUT2D eigenvalue weighted by Gasteiger charge is 2.12. The number of benzene rings is 1. The summed E-state index contributed by atoms with van der Waals surface area (Å²) in [4.78, 5) is 5.20. The van der Waals surface area contributed by atoms with Gasteiger partial charge in [-0.1, -0.05) is 23.2 Å². The van der Waals surface area contributed by atoms with Gasteiger partial charge in [0.1, 0.15) is 5.82 Å². The zero-order valence-corrected chi connectivity index (χ0v) is 10.7. The molecule has 86 valence electrons. The third kappa shape index (κ3) is 1.82. The number of halogens is 3. The monoisotopic (exact) mass is 286 g/mol. The quantitative estimate of drug-likeness (QED) is 0.602. The number of hydrogen-bond acceptors (Lipinski definition) is 2. The first-order valence-corrected chi connectivity index (χ1v) is 6.36. The zero-order chi connectivity index (χ0) is 12.0. The summed E-state index contributed by atoms with van der Waals surface area (Å²) in [6.07, 6.45) is 3.69. The van der Waals surface area contributed by atoms with Crippen LogP contribution in [0.25, 0.3) is 16.2 Å². The van der Waals surface area contributed by atoms with Gasteiger partial charge in [-0.05, 0) is 12.1 Å². The van der Waals surface area contributed by atoms with Crippen LogP contribution in [0.1, 0.15) is 0 Å². The van der Waals surface area contributed by atoms with E-state index in [4.69, 9.17) is 23.2 Å². The van der Waals surface area contributed by atoms with Gasteiger partial charge in [0.25, 0.3) is 0 Å². The average Bonchev–Trinajstić information content (AvgIpc) is 2.83. The van der Waals surface area contributed by atoms with Crippen molar-refractivity contribution in [2.24, 2.45) is 0 Å². The maximum absolute atomic E-state index is 13.4. The van der Waals surface area contributed by atoms with Gasteiger partial charge < -0.3 is 0 Å². The fraction of sp³-hybridized carbons (Fsp3) is 0. The van der Waals surface area contributed by atoms with Crippen molar-refractivity contribution in [3.8, 4) is 11.3 Å². The van der Waals surface area contributed by atoms with Gasteiger partial charge in [-0.3, -0.25) is 4.40 Å². The smallest absolute Gasteiger partial charge is 0.194 e. The largest absolute Gasteiger partial charge is 0.297 e. The standard InChI is InChI=1S/C11H5Cl2FN2S/c12-7-4-8(13)9(14)3-6(7)10-5-16-1-2-17-11(16)15-10/h1-5H. The number of nitrogens with zero attached hydrogens (tertiary/aromatic N) is 2. The predicted octanol–water partition coefficient (Wildman–Crippen LogP) is 4.51. The molecule has 0 saturated heterocycles. The van der Waals surface area contributed by atoms with E-state index < -0.39 is 5.82 Å². The van der Waals surface area contributed by atoms with Crippen molar-refractivity contribution in [3.63, 3.8) is 0 Å². The summed E-state index contributed by atoms with van der Waals surface area (Å²) in [5, 5.41) is 2.33. The predicted molar refractivity (Wildman–Crippen MR) is 68.5 cm³/mol. The second-order valence-electron chi connectivity index (χ2n) is 3.47. The molecule has 0 aliphatic rings. The first-order chi connectivity index (χ1) is 8.15. The third-order valence-electron chi connectivity index (χ3n) is 2.38. The molecule has 3 rings (SSSR count). The van der Waals surface area contributed by atoms with Crippen LogP contribution in [-0.4, -0.2) is 9.38 Å². The second kappa shape index (κ2) is 3.98. The van der Waals surface area contributed by atoms with Crippen molar-refractivity contribution < 1.29 is 4.39 Å². The number of fused-ring (bicyclic) bond motifs is 1. The van der Waals surface area contributed by atoms with Crippen LogP contribution >= 0.6 is 34.5 Å². The Hall–Kier alpha value is -1.10. The molecule has 0 aliphatic heterocycles. The first-order valence-electron chi connectivity index (χ1n) is 4.72. The van der Waals surface area contributed by atoms with Crippen LogP contribution in [0, 0.1) is 5.82 Å². The molecule has 2 aromatic heterocycles. The van der Waals surface area contributed by atoms with Gasteiger partial charge >= 0.3 is 0 Å². The summed E-state index contributed by atoms with van der Waals surface area (Å²) in [5.41, 5.74) is 1.18. The highest BCUT2D eigenvalue weighted by atomic mass is 35.5. The molecule has 0 fully saturated rings. The molecule has 0 amide bonds. The van der Waals surface area contributed by atoms with Crippen LogP contribution < -0.4 is 0 Å². The molecule has 6 heteroatoms. The molecular weight excluding hydrogens is 282 g/mol. The number of hydrogen-bond donors (Lipinski definition) is 0. The van der Waals surface area contributed by atoms with E-state index in [9.17, 15) is 4.39 Å². The highest BCUT2D eigenvalue weighted by molar-refractivity contribution is 7.15. The Morgan fingerprint density at radius 3 is 2.82 bits per heavy atom. The van der Waals surface area contributed by atoms with Gasteiger partial charge in [-0.2, -0.15) is 0 Å². The maximum atomic E-state index is 13.4. The van der Waals surface area contributed by atoms with Gasteiger partial charge in [-0.15, -0.1) is 11.3 Å². The summed E-state index contributed by atoms with van der Waals surface area (Å²) in [7, 11) is 0. The number of aromatic nitrogens is 2. The Balaban J connectivity index is 2.21. The Morgan fingerprint density at radius 1 is 1.24 bits per heavy atom. The van der Waals surface area contributed by atoms with Gasteiger partial charge in [0.05, 0.1) is 15.7 Å². The molecule has 2 nitrogen and oxygen atoms in total. The normalized spacial score (nSPS) is 11.2. The van der Waals surface area contributed by atoms with Crippen molar-refractivity contribution in [2.75, 3.05) is 0 Å². The maximum Gasteiger partial charge on any atom is 0.194 e. The Labute approximate surface area is 110 Å². The lowest BCUT2D eigenvalue weighted by Gasteiger charge is -2.02. The summed E-state index contributed by atoms with van der Waals surface area (Å²) < 4.78 is 15.3. The number of rotatable bonds is 1. The first kappa shape index (κ1) is 11.0. The minimum absolute atomic E-state index is 0.0137. The molecule has 0 aliphatic carbocycles. The molecular formula is C11H5Cl2FN2S. The molecule has 0 unspecified atom stereocenters. The van der Waals surface area contributed by atoms with Gasteiger partial charge in [-0.25, -0.2) is 9.37 Å². The molecule has 0 spiro atoms. The Kier molecular flexibility index (Phi) is 2.58. The van der Waals surface area contributed by atoms with Crippen molar-refractivity contribution in [3.05, 3.63) is 45.8 Å². The lowest BCUT2D eigenvalue weighted by atomic mass is 10.1. The summed E-state index contributed by atoms with van der Waals surface area (Å²) in [5.74, 6) is -0.498. The SMILES string of the molecule is Fc1cc(-c2cn3ccsc3n2)c(Cl)cc1Cl. The summed E-state index contributed by atoms with van der Waals surface area (Å²) in [6, 6.07) is 2.69. The lowest BCUT2D eigenvalue weighted by molar-refractivity contribution is 0.629. The minimum atomic E-state index is -0.498. The van der Waals surface area contributed by atoms with Gasteiger partial charge in [0, 0.05) is 23.3 Å². The molecule has 2 heterocycles. The molecule has 3 aromatic rings. The fourth-order valence-electron chi connectivity index (χ4n) is 1.58. The molecule has 0 radical (unpaired) electrons. The van der Waals surface area contributed by atoms with Gasteiger partial charge in [0.15, 0.2) is 4.96 Å².